The van der Waals surface area contributed by atoms with Gasteiger partial charge in [-0.2, -0.15) is 0 Å². The highest BCUT2D eigenvalue weighted by atomic mass is 16.6. The van der Waals surface area contributed by atoms with E-state index in [1.54, 1.807) is 0 Å². The molecular weight excluding hydrogens is 745 g/mol. The summed E-state index contributed by atoms with van der Waals surface area (Å²) in [6.45, 7) is 6.45. The van der Waals surface area contributed by atoms with Gasteiger partial charge in [-0.05, 0) is 77.0 Å². The molecule has 60 heavy (non-hydrogen) atoms. The first-order valence-electron chi connectivity index (χ1n) is 25.3. The molecule has 0 rings (SSSR count). The van der Waals surface area contributed by atoms with Crippen molar-refractivity contribution < 1.29 is 28.6 Å². The van der Waals surface area contributed by atoms with Gasteiger partial charge in [0.2, 0.25) is 0 Å². The lowest BCUT2D eigenvalue weighted by Crippen LogP contribution is -2.30. The third-order valence-corrected chi connectivity index (χ3v) is 10.8. The van der Waals surface area contributed by atoms with E-state index in [9.17, 15) is 14.4 Å². The van der Waals surface area contributed by atoms with Crippen molar-refractivity contribution in [2.24, 2.45) is 0 Å². The molecule has 0 aromatic carbocycles. The van der Waals surface area contributed by atoms with Crippen LogP contribution in [0.1, 0.15) is 245 Å². The average Bonchev–Trinajstić information content (AvgIpc) is 3.24. The third-order valence-electron chi connectivity index (χ3n) is 10.8. The van der Waals surface area contributed by atoms with Gasteiger partial charge in [0.1, 0.15) is 13.2 Å². The lowest BCUT2D eigenvalue weighted by molar-refractivity contribution is -0.167. The summed E-state index contributed by atoms with van der Waals surface area (Å²) in [6.07, 6.45) is 59.3. The topological polar surface area (TPSA) is 78.9 Å². The van der Waals surface area contributed by atoms with E-state index in [1.165, 1.54) is 116 Å². The second kappa shape index (κ2) is 48.8. The molecule has 346 valence electrons. The third kappa shape index (κ3) is 46.2. The molecule has 0 aromatic rings. The summed E-state index contributed by atoms with van der Waals surface area (Å²) in [6, 6.07) is 0. The highest BCUT2D eigenvalue weighted by molar-refractivity contribution is 5.71. The monoisotopic (exact) mass is 839 g/mol. The summed E-state index contributed by atoms with van der Waals surface area (Å²) in [5.41, 5.74) is 0. The van der Waals surface area contributed by atoms with Crippen molar-refractivity contribution >= 4 is 17.9 Å². The van der Waals surface area contributed by atoms with E-state index < -0.39 is 6.10 Å². The number of hydrogen-bond donors (Lipinski definition) is 0. The number of allylic oxidation sites excluding steroid dienone is 10. The maximum Gasteiger partial charge on any atom is 0.306 e. The minimum Gasteiger partial charge on any atom is -0.462 e. The summed E-state index contributed by atoms with van der Waals surface area (Å²) in [5.74, 6) is -0.959. The zero-order chi connectivity index (χ0) is 43.7. The highest BCUT2D eigenvalue weighted by Crippen LogP contribution is 2.15. The molecule has 0 aliphatic heterocycles. The standard InChI is InChI=1S/C54H94O6/c1-4-7-10-13-16-19-21-23-25-27-29-30-32-35-38-41-44-47-53(56)59-50-51(49-58-52(55)46-43-40-37-34-18-15-12-9-6-3)60-54(57)48-45-42-39-36-33-31-28-26-24-22-20-17-14-11-8-5-2/h8,11,17,20,24,26,31,33-34,37,51H,4-7,9-10,12-16,18-19,21-23,25,27-30,32,35-36,38-50H2,1-3H3/b11-8-,20-17-,26-24-,33-31-,37-34-. The van der Waals surface area contributed by atoms with Gasteiger partial charge in [-0.3, -0.25) is 14.4 Å². The van der Waals surface area contributed by atoms with Crippen LogP contribution >= 0.6 is 0 Å². The Morgan fingerprint density at radius 1 is 0.350 bits per heavy atom. The maximum atomic E-state index is 12.8. The Morgan fingerprint density at radius 3 is 1.12 bits per heavy atom. The maximum absolute atomic E-state index is 12.8. The van der Waals surface area contributed by atoms with Gasteiger partial charge in [-0.25, -0.2) is 0 Å². The van der Waals surface area contributed by atoms with Crippen LogP contribution in [-0.2, 0) is 28.6 Å². The summed E-state index contributed by atoms with van der Waals surface area (Å²) >= 11 is 0. The fourth-order valence-corrected chi connectivity index (χ4v) is 6.97. The number of rotatable bonds is 45. The van der Waals surface area contributed by atoms with E-state index in [0.717, 1.165) is 83.5 Å². The highest BCUT2D eigenvalue weighted by Gasteiger charge is 2.19. The van der Waals surface area contributed by atoms with Gasteiger partial charge in [0.15, 0.2) is 6.10 Å². The molecule has 0 N–H and O–H groups in total. The van der Waals surface area contributed by atoms with Crippen LogP contribution in [0.3, 0.4) is 0 Å². The SMILES string of the molecule is CC/C=C\C/C=C\C/C=C\C/C=C\CCCCCC(=O)OC(COC(=O)CCC/C=C\CCCCCC)COC(=O)CCCCCCCCCCCCCCCCCCC. The molecule has 0 radical (unpaired) electrons. The Labute approximate surface area is 370 Å². The molecule has 0 spiro atoms. The normalized spacial score (nSPS) is 12.5. The van der Waals surface area contributed by atoms with E-state index in [1.807, 2.05) is 0 Å². The first-order valence-corrected chi connectivity index (χ1v) is 25.3. The quantitative estimate of drug-likeness (QED) is 0.0263. The first-order chi connectivity index (χ1) is 29.5. The average molecular weight is 839 g/mol. The Kier molecular flexibility index (Phi) is 46.4. The summed E-state index contributed by atoms with van der Waals surface area (Å²) in [4.78, 5) is 37.8. The minimum absolute atomic E-state index is 0.0938. The lowest BCUT2D eigenvalue weighted by Gasteiger charge is -2.18. The van der Waals surface area contributed by atoms with E-state index in [-0.39, 0.29) is 37.5 Å². The van der Waals surface area contributed by atoms with Crippen molar-refractivity contribution in [2.75, 3.05) is 13.2 Å². The van der Waals surface area contributed by atoms with Crippen molar-refractivity contribution in [2.45, 2.75) is 252 Å². The molecule has 0 aromatic heterocycles. The van der Waals surface area contributed by atoms with Crippen molar-refractivity contribution in [3.8, 4) is 0 Å². The van der Waals surface area contributed by atoms with E-state index in [4.69, 9.17) is 14.2 Å². The van der Waals surface area contributed by atoms with Crippen molar-refractivity contribution in [3.05, 3.63) is 60.8 Å². The van der Waals surface area contributed by atoms with Crippen LogP contribution < -0.4 is 0 Å². The molecule has 0 saturated heterocycles. The summed E-state index contributed by atoms with van der Waals surface area (Å²) < 4.78 is 16.7. The number of carbonyl (C=O) groups excluding carboxylic acids is 3. The van der Waals surface area contributed by atoms with Gasteiger partial charge < -0.3 is 14.2 Å². The number of ether oxygens (including phenoxy) is 3. The molecule has 0 amide bonds. The summed E-state index contributed by atoms with van der Waals surface area (Å²) in [7, 11) is 0. The Morgan fingerprint density at radius 2 is 0.667 bits per heavy atom. The second-order valence-corrected chi connectivity index (χ2v) is 16.7. The fraction of sp³-hybridized carbons (Fsp3) is 0.759. The van der Waals surface area contributed by atoms with Crippen LogP contribution in [0.15, 0.2) is 60.8 Å². The van der Waals surface area contributed by atoms with E-state index in [0.29, 0.717) is 19.3 Å². The van der Waals surface area contributed by atoms with Crippen LogP contribution in [0.5, 0.6) is 0 Å². The molecule has 0 saturated carbocycles. The zero-order valence-electron chi connectivity index (χ0n) is 39.5. The van der Waals surface area contributed by atoms with Crippen LogP contribution in [0.4, 0.5) is 0 Å². The number of unbranched alkanes of at least 4 members (excludes halogenated alkanes) is 24. The molecule has 1 unspecified atom stereocenters. The predicted octanol–water partition coefficient (Wildman–Crippen LogP) is 16.5. The van der Waals surface area contributed by atoms with Crippen LogP contribution in [0, 0.1) is 0 Å². The van der Waals surface area contributed by atoms with Gasteiger partial charge in [0.05, 0.1) is 0 Å². The van der Waals surface area contributed by atoms with Gasteiger partial charge in [-0.15, -0.1) is 0 Å². The fourth-order valence-electron chi connectivity index (χ4n) is 6.97. The minimum atomic E-state index is -0.798. The van der Waals surface area contributed by atoms with Crippen LogP contribution in [0.25, 0.3) is 0 Å². The molecule has 0 aliphatic carbocycles. The van der Waals surface area contributed by atoms with Crippen molar-refractivity contribution in [1.29, 1.82) is 0 Å². The predicted molar refractivity (Wildman–Crippen MR) is 256 cm³/mol. The van der Waals surface area contributed by atoms with Gasteiger partial charge >= 0.3 is 17.9 Å². The molecule has 6 heteroatoms. The largest absolute Gasteiger partial charge is 0.462 e. The molecule has 0 aliphatic rings. The second-order valence-electron chi connectivity index (χ2n) is 16.7. The number of hydrogen-bond acceptors (Lipinski definition) is 6. The van der Waals surface area contributed by atoms with Gasteiger partial charge in [0.25, 0.3) is 0 Å². The van der Waals surface area contributed by atoms with Crippen molar-refractivity contribution in [1.82, 2.24) is 0 Å². The number of carbonyl (C=O) groups is 3. The van der Waals surface area contributed by atoms with Crippen LogP contribution in [0.2, 0.25) is 0 Å². The number of esters is 3. The molecule has 1 atom stereocenters. The Balaban J connectivity index is 4.37. The summed E-state index contributed by atoms with van der Waals surface area (Å²) in [5, 5.41) is 0. The van der Waals surface area contributed by atoms with Gasteiger partial charge in [-0.1, -0.05) is 210 Å². The first kappa shape index (κ1) is 57.1. The van der Waals surface area contributed by atoms with E-state index >= 15 is 0 Å². The molecule has 6 nitrogen and oxygen atoms in total. The molecule has 0 fully saturated rings. The molecule has 0 bridgehead atoms. The molecule has 0 heterocycles. The lowest BCUT2D eigenvalue weighted by atomic mass is 10.0. The molecular formula is C54H94O6. The van der Waals surface area contributed by atoms with Crippen molar-refractivity contribution in [3.63, 3.8) is 0 Å². The Hall–Kier alpha value is -2.89. The van der Waals surface area contributed by atoms with Gasteiger partial charge in [0, 0.05) is 19.3 Å². The smallest absolute Gasteiger partial charge is 0.306 e. The van der Waals surface area contributed by atoms with Crippen LogP contribution in [-0.4, -0.2) is 37.2 Å². The van der Waals surface area contributed by atoms with E-state index in [2.05, 4.69) is 81.5 Å². The Bertz CT molecular complexity index is 1100. The zero-order valence-corrected chi connectivity index (χ0v) is 39.5.